The van der Waals surface area contributed by atoms with Gasteiger partial charge in [-0.1, -0.05) is 40.2 Å². The fourth-order valence-corrected chi connectivity index (χ4v) is 2.92. The van der Waals surface area contributed by atoms with Crippen molar-refractivity contribution in [3.63, 3.8) is 0 Å². The molecule has 1 unspecified atom stereocenters. The molecule has 0 saturated heterocycles. The first-order valence-corrected chi connectivity index (χ1v) is 7.31. The van der Waals surface area contributed by atoms with Crippen LogP contribution in [-0.2, 0) is 0 Å². The summed E-state index contributed by atoms with van der Waals surface area (Å²) in [4.78, 5) is 4.39. The predicted molar refractivity (Wildman–Crippen MR) is 86.7 cm³/mol. The minimum Gasteiger partial charge on any atom is -0.320 e. The summed E-state index contributed by atoms with van der Waals surface area (Å²) in [7, 11) is 0. The molecule has 0 fully saturated rings. The predicted octanol–water partition coefficient (Wildman–Crippen LogP) is 4.35. The van der Waals surface area contributed by atoms with Gasteiger partial charge in [0.1, 0.15) is 0 Å². The highest BCUT2D eigenvalue weighted by molar-refractivity contribution is 9.10. The Morgan fingerprint density at radius 1 is 1.10 bits per heavy atom. The maximum atomic E-state index is 6.42. The second kappa shape index (κ2) is 5.35. The van der Waals surface area contributed by atoms with E-state index in [0.29, 0.717) is 0 Å². The van der Waals surface area contributed by atoms with Gasteiger partial charge in [0.15, 0.2) is 0 Å². The molecule has 20 heavy (non-hydrogen) atoms. The molecule has 3 heteroatoms. The van der Waals surface area contributed by atoms with Crippen LogP contribution in [0.25, 0.3) is 10.9 Å². The molecular formula is C17H15BrN2. The molecule has 1 atom stereocenters. The van der Waals surface area contributed by atoms with Crippen molar-refractivity contribution in [2.45, 2.75) is 13.0 Å². The van der Waals surface area contributed by atoms with Crippen LogP contribution < -0.4 is 5.73 Å². The van der Waals surface area contributed by atoms with Crippen LogP contribution in [0.15, 0.2) is 59.2 Å². The number of hydrogen-bond acceptors (Lipinski definition) is 2. The molecule has 100 valence electrons. The van der Waals surface area contributed by atoms with Crippen LogP contribution in [0.5, 0.6) is 0 Å². The van der Waals surface area contributed by atoms with Crippen molar-refractivity contribution in [2.75, 3.05) is 0 Å². The zero-order valence-electron chi connectivity index (χ0n) is 11.2. The Morgan fingerprint density at radius 2 is 1.95 bits per heavy atom. The van der Waals surface area contributed by atoms with E-state index in [2.05, 4.69) is 64.2 Å². The molecule has 0 bridgehead atoms. The van der Waals surface area contributed by atoms with Crippen LogP contribution in [0.1, 0.15) is 22.7 Å². The minimum atomic E-state index is -0.130. The summed E-state index contributed by atoms with van der Waals surface area (Å²) in [6.07, 6.45) is 1.81. The van der Waals surface area contributed by atoms with Crippen molar-refractivity contribution in [2.24, 2.45) is 5.73 Å². The van der Waals surface area contributed by atoms with E-state index in [4.69, 9.17) is 5.73 Å². The summed E-state index contributed by atoms with van der Waals surface area (Å²) >= 11 is 3.48. The summed E-state index contributed by atoms with van der Waals surface area (Å²) in [5.41, 5.74) is 10.8. The molecule has 2 nitrogen and oxygen atoms in total. The molecule has 0 aliphatic rings. The number of hydrogen-bond donors (Lipinski definition) is 1. The highest BCUT2D eigenvalue weighted by Gasteiger charge is 2.12. The number of pyridine rings is 1. The molecular weight excluding hydrogens is 312 g/mol. The van der Waals surface area contributed by atoms with Crippen molar-refractivity contribution in [1.82, 2.24) is 4.98 Å². The number of nitrogens with two attached hydrogens (primary N) is 1. The summed E-state index contributed by atoms with van der Waals surface area (Å²) in [6, 6.07) is 16.3. The van der Waals surface area contributed by atoms with E-state index >= 15 is 0 Å². The lowest BCUT2D eigenvalue weighted by Gasteiger charge is -2.16. The maximum absolute atomic E-state index is 6.42. The monoisotopic (exact) mass is 326 g/mol. The van der Waals surface area contributed by atoms with Gasteiger partial charge in [-0.25, -0.2) is 0 Å². The Bertz CT molecular complexity index is 768. The van der Waals surface area contributed by atoms with Crippen LogP contribution in [0.3, 0.4) is 0 Å². The first-order valence-electron chi connectivity index (χ1n) is 6.51. The van der Waals surface area contributed by atoms with E-state index in [1.165, 1.54) is 5.56 Å². The van der Waals surface area contributed by atoms with E-state index in [-0.39, 0.29) is 6.04 Å². The Balaban J connectivity index is 2.05. The highest BCUT2D eigenvalue weighted by atomic mass is 79.9. The fourth-order valence-electron chi connectivity index (χ4n) is 2.44. The molecule has 0 amide bonds. The van der Waals surface area contributed by atoms with Crippen molar-refractivity contribution in [1.29, 1.82) is 0 Å². The highest BCUT2D eigenvalue weighted by Crippen LogP contribution is 2.26. The molecule has 0 aliphatic heterocycles. The summed E-state index contributed by atoms with van der Waals surface area (Å²) in [6.45, 7) is 2.08. The lowest BCUT2D eigenvalue weighted by Crippen LogP contribution is -2.13. The van der Waals surface area contributed by atoms with E-state index < -0.39 is 0 Å². The standard InChI is InChI=1S/C17H15BrN2/c1-11-9-14(18)6-7-15(11)17(19)13-5-4-12-3-2-8-20-16(12)10-13/h2-10,17H,19H2,1H3. The van der Waals surface area contributed by atoms with Crippen molar-refractivity contribution in [3.05, 3.63) is 75.9 Å². The fraction of sp³-hybridized carbons (Fsp3) is 0.118. The zero-order valence-corrected chi connectivity index (χ0v) is 12.8. The minimum absolute atomic E-state index is 0.130. The average Bonchev–Trinajstić information content (AvgIpc) is 2.46. The normalized spacial score (nSPS) is 12.6. The van der Waals surface area contributed by atoms with Crippen LogP contribution in [0.2, 0.25) is 0 Å². The second-order valence-electron chi connectivity index (χ2n) is 4.93. The van der Waals surface area contributed by atoms with Gasteiger partial charge in [-0.05, 0) is 47.9 Å². The molecule has 1 heterocycles. The molecule has 0 radical (unpaired) electrons. The number of nitrogens with zero attached hydrogens (tertiary/aromatic N) is 1. The van der Waals surface area contributed by atoms with E-state index in [0.717, 1.165) is 26.5 Å². The van der Waals surface area contributed by atoms with Crippen LogP contribution in [0, 0.1) is 6.92 Å². The number of benzene rings is 2. The lowest BCUT2D eigenvalue weighted by atomic mass is 9.95. The van der Waals surface area contributed by atoms with Gasteiger partial charge in [0, 0.05) is 16.1 Å². The Labute approximate surface area is 126 Å². The van der Waals surface area contributed by atoms with Gasteiger partial charge in [0.2, 0.25) is 0 Å². The van der Waals surface area contributed by atoms with Crippen molar-refractivity contribution >= 4 is 26.8 Å². The molecule has 0 aliphatic carbocycles. The topological polar surface area (TPSA) is 38.9 Å². The first-order chi connectivity index (χ1) is 9.65. The third kappa shape index (κ3) is 2.47. The third-order valence-electron chi connectivity index (χ3n) is 3.56. The molecule has 1 aromatic heterocycles. The largest absolute Gasteiger partial charge is 0.320 e. The van der Waals surface area contributed by atoms with Crippen molar-refractivity contribution < 1.29 is 0 Å². The molecule has 2 N–H and O–H groups in total. The van der Waals surface area contributed by atoms with Crippen LogP contribution in [-0.4, -0.2) is 4.98 Å². The van der Waals surface area contributed by atoms with E-state index in [1.807, 2.05) is 18.3 Å². The first kappa shape index (κ1) is 13.3. The van der Waals surface area contributed by atoms with Gasteiger partial charge in [-0.3, -0.25) is 4.98 Å². The number of aryl methyl sites for hydroxylation is 1. The van der Waals surface area contributed by atoms with E-state index in [9.17, 15) is 0 Å². The quantitative estimate of drug-likeness (QED) is 0.760. The van der Waals surface area contributed by atoms with Gasteiger partial charge in [-0.15, -0.1) is 0 Å². The van der Waals surface area contributed by atoms with Crippen molar-refractivity contribution in [3.8, 4) is 0 Å². The number of rotatable bonds is 2. The Hall–Kier alpha value is -1.71. The van der Waals surface area contributed by atoms with Gasteiger partial charge in [0.05, 0.1) is 11.6 Å². The molecule has 3 rings (SSSR count). The Morgan fingerprint density at radius 3 is 2.75 bits per heavy atom. The van der Waals surface area contributed by atoms with Crippen LogP contribution >= 0.6 is 15.9 Å². The summed E-state index contributed by atoms with van der Waals surface area (Å²) < 4.78 is 1.08. The average molecular weight is 327 g/mol. The molecule has 0 saturated carbocycles. The second-order valence-corrected chi connectivity index (χ2v) is 5.85. The summed E-state index contributed by atoms with van der Waals surface area (Å²) in [5.74, 6) is 0. The number of fused-ring (bicyclic) bond motifs is 1. The molecule has 2 aromatic carbocycles. The SMILES string of the molecule is Cc1cc(Br)ccc1C(N)c1ccc2cccnc2c1. The Kier molecular flexibility index (Phi) is 3.55. The van der Waals surface area contributed by atoms with Gasteiger partial charge < -0.3 is 5.73 Å². The van der Waals surface area contributed by atoms with E-state index in [1.54, 1.807) is 0 Å². The number of halogens is 1. The lowest BCUT2D eigenvalue weighted by molar-refractivity contribution is 0.862. The smallest absolute Gasteiger partial charge is 0.0705 e. The molecule has 3 aromatic rings. The zero-order chi connectivity index (χ0) is 14.1. The van der Waals surface area contributed by atoms with Crippen LogP contribution in [0.4, 0.5) is 0 Å². The van der Waals surface area contributed by atoms with Gasteiger partial charge in [-0.2, -0.15) is 0 Å². The number of aromatic nitrogens is 1. The third-order valence-corrected chi connectivity index (χ3v) is 4.05. The van der Waals surface area contributed by atoms with Gasteiger partial charge >= 0.3 is 0 Å². The van der Waals surface area contributed by atoms with Gasteiger partial charge in [0.25, 0.3) is 0 Å². The summed E-state index contributed by atoms with van der Waals surface area (Å²) in [5, 5.41) is 1.14. The molecule has 0 spiro atoms. The maximum Gasteiger partial charge on any atom is 0.0705 e.